The summed E-state index contributed by atoms with van der Waals surface area (Å²) >= 11 is 9.73. The van der Waals surface area contributed by atoms with Crippen LogP contribution in [0.5, 0.6) is 0 Å². The molecule has 1 N–H and O–H groups in total. The van der Waals surface area contributed by atoms with Gasteiger partial charge in [0.2, 0.25) is 0 Å². The summed E-state index contributed by atoms with van der Waals surface area (Å²) in [5.41, 5.74) is 0.638. The Morgan fingerprint density at radius 3 is 2.58 bits per heavy atom. The van der Waals surface area contributed by atoms with Gasteiger partial charge >= 0.3 is 5.69 Å². The molecule has 2 aromatic carbocycles. The van der Waals surface area contributed by atoms with Gasteiger partial charge in [0.05, 0.1) is 28.1 Å². The van der Waals surface area contributed by atoms with E-state index in [0.29, 0.717) is 34.1 Å². The van der Waals surface area contributed by atoms with Crippen molar-refractivity contribution in [1.29, 1.82) is 0 Å². The fourth-order valence-corrected chi connectivity index (χ4v) is 6.49. The largest absolute Gasteiger partial charge is 0.329 e. The Bertz CT molecular complexity index is 1520. The average molecular weight is 598 g/mol. The monoisotopic (exact) mass is 596 g/mol. The molecule has 0 amide bonds. The maximum absolute atomic E-state index is 13.4. The highest BCUT2D eigenvalue weighted by molar-refractivity contribution is 9.10. The maximum atomic E-state index is 13.4. The first kappa shape index (κ1) is 27.1. The van der Waals surface area contributed by atoms with Crippen molar-refractivity contribution >= 4 is 48.3 Å². The zero-order valence-corrected chi connectivity index (χ0v) is 23.7. The first-order valence-electron chi connectivity index (χ1n) is 11.9. The number of piperidine rings is 1. The van der Waals surface area contributed by atoms with Crippen molar-refractivity contribution < 1.29 is 8.42 Å². The molecule has 1 aliphatic heterocycles. The number of nitrogens with zero attached hydrogens (tertiary/aromatic N) is 3. The summed E-state index contributed by atoms with van der Waals surface area (Å²) in [4.78, 5) is 33.9. The van der Waals surface area contributed by atoms with Gasteiger partial charge in [-0.05, 0) is 74.9 Å². The summed E-state index contributed by atoms with van der Waals surface area (Å²) in [7, 11) is 0.623. The number of aromatic nitrogens is 2. The molecule has 1 aromatic heterocycles. The molecule has 36 heavy (non-hydrogen) atoms. The molecule has 0 bridgehead atoms. The Hall–Kier alpha value is -1.98. The molecule has 4 rings (SSSR count). The summed E-state index contributed by atoms with van der Waals surface area (Å²) in [5, 5.41) is 0.670. The number of sulfone groups is 1. The summed E-state index contributed by atoms with van der Waals surface area (Å²) < 4.78 is 27.0. The summed E-state index contributed by atoms with van der Waals surface area (Å²) in [6.07, 6.45) is 2.29. The van der Waals surface area contributed by atoms with Gasteiger partial charge in [0.15, 0.2) is 9.84 Å². The molecule has 11 heteroatoms. The fraction of sp³-hybridized carbons (Fsp3) is 0.440. The van der Waals surface area contributed by atoms with Crippen LogP contribution in [0.15, 0.2) is 49.3 Å². The van der Waals surface area contributed by atoms with Crippen LogP contribution in [0.1, 0.15) is 30.9 Å². The number of rotatable bonds is 7. The van der Waals surface area contributed by atoms with Gasteiger partial charge in [-0.15, -0.1) is 0 Å². The predicted octanol–water partition coefficient (Wildman–Crippen LogP) is 3.47. The van der Waals surface area contributed by atoms with Gasteiger partial charge in [-0.3, -0.25) is 14.3 Å². The summed E-state index contributed by atoms with van der Waals surface area (Å²) in [6, 6.07) is 8.47. The Morgan fingerprint density at radius 2 is 1.89 bits per heavy atom. The number of aromatic amines is 1. The van der Waals surface area contributed by atoms with Crippen LogP contribution < -0.4 is 11.2 Å². The van der Waals surface area contributed by atoms with Crippen LogP contribution in [0.2, 0.25) is 5.02 Å². The van der Waals surface area contributed by atoms with Gasteiger partial charge in [-0.1, -0.05) is 34.5 Å². The second kappa shape index (κ2) is 10.8. The van der Waals surface area contributed by atoms with Gasteiger partial charge < -0.3 is 9.88 Å². The van der Waals surface area contributed by atoms with E-state index in [-0.39, 0.29) is 17.2 Å². The van der Waals surface area contributed by atoms with Gasteiger partial charge in [0.1, 0.15) is 0 Å². The van der Waals surface area contributed by atoms with Crippen LogP contribution in [0, 0.1) is 0 Å². The number of hydrogen-bond acceptors (Lipinski definition) is 6. The molecule has 0 radical (unpaired) electrons. The number of likely N-dealkylation sites (tertiary alicyclic amines) is 1. The van der Waals surface area contributed by atoms with Crippen molar-refractivity contribution in [2.45, 2.75) is 43.8 Å². The lowest BCUT2D eigenvalue weighted by Gasteiger charge is -2.36. The van der Waals surface area contributed by atoms with Crippen LogP contribution in [-0.4, -0.2) is 66.7 Å². The van der Waals surface area contributed by atoms with E-state index in [0.717, 1.165) is 34.1 Å². The molecule has 1 fully saturated rings. The molecule has 8 nitrogen and oxygen atoms in total. The highest BCUT2D eigenvalue weighted by Crippen LogP contribution is 2.26. The predicted molar refractivity (Wildman–Crippen MR) is 147 cm³/mol. The van der Waals surface area contributed by atoms with Crippen LogP contribution >= 0.6 is 27.5 Å². The number of nitrogens with one attached hydrogen (secondary N) is 1. The quantitative estimate of drug-likeness (QED) is 0.448. The molecular formula is C25H30BrClN4O4S. The number of halogens is 2. The Morgan fingerprint density at radius 1 is 1.14 bits per heavy atom. The van der Waals surface area contributed by atoms with Gasteiger partial charge in [0.25, 0.3) is 5.56 Å². The minimum atomic E-state index is -3.57. The van der Waals surface area contributed by atoms with Crippen LogP contribution in [0.25, 0.3) is 10.9 Å². The molecular weight excluding hydrogens is 568 g/mol. The number of fused-ring (bicyclic) bond motifs is 1. The lowest BCUT2D eigenvalue weighted by atomic mass is 10.0. The molecule has 3 aromatic rings. The van der Waals surface area contributed by atoms with Crippen LogP contribution in [-0.2, 0) is 22.9 Å². The van der Waals surface area contributed by atoms with Crippen molar-refractivity contribution in [3.05, 3.63) is 71.8 Å². The van der Waals surface area contributed by atoms with Crippen molar-refractivity contribution in [1.82, 2.24) is 19.4 Å². The second-order valence-electron chi connectivity index (χ2n) is 9.46. The minimum absolute atomic E-state index is 0.0647. The molecule has 1 aliphatic rings. The molecule has 0 aliphatic carbocycles. The highest BCUT2D eigenvalue weighted by atomic mass is 79.9. The molecule has 194 valence electrons. The normalized spacial score (nSPS) is 17.2. The zero-order valence-electron chi connectivity index (χ0n) is 20.6. The topological polar surface area (TPSA) is 95.5 Å². The van der Waals surface area contributed by atoms with Crippen molar-refractivity contribution in [2.24, 2.45) is 0 Å². The molecule has 1 saturated heterocycles. The number of likely N-dealkylation sites (N-methyl/N-ethyl adjacent to an activating group) is 1. The first-order chi connectivity index (χ1) is 17.0. The lowest BCUT2D eigenvalue weighted by Crippen LogP contribution is -2.44. The van der Waals surface area contributed by atoms with E-state index in [9.17, 15) is 18.0 Å². The van der Waals surface area contributed by atoms with E-state index in [4.69, 9.17) is 11.6 Å². The minimum Gasteiger partial charge on any atom is -0.307 e. The van der Waals surface area contributed by atoms with E-state index in [1.54, 1.807) is 13.0 Å². The highest BCUT2D eigenvalue weighted by Gasteiger charge is 2.23. The zero-order chi connectivity index (χ0) is 26.2. The third-order valence-electron chi connectivity index (χ3n) is 6.82. The molecule has 0 saturated carbocycles. The number of H-pyrrole nitrogens is 1. The van der Waals surface area contributed by atoms with E-state index < -0.39 is 21.1 Å². The third-order valence-corrected chi connectivity index (χ3v) is 9.62. The maximum Gasteiger partial charge on any atom is 0.329 e. The van der Waals surface area contributed by atoms with Crippen molar-refractivity contribution in [2.75, 3.05) is 32.9 Å². The van der Waals surface area contributed by atoms with E-state index in [1.165, 1.54) is 24.6 Å². The fourth-order valence-electron chi connectivity index (χ4n) is 4.72. The van der Waals surface area contributed by atoms with Gasteiger partial charge in [-0.2, -0.15) is 0 Å². The molecule has 1 atom stereocenters. The first-order valence-corrected chi connectivity index (χ1v) is 14.7. The third kappa shape index (κ3) is 5.62. The lowest BCUT2D eigenvalue weighted by molar-refractivity contribution is 0.128. The molecule has 0 unspecified atom stereocenters. The molecule has 2 heterocycles. The molecule has 0 spiro atoms. The summed E-state index contributed by atoms with van der Waals surface area (Å²) in [5.74, 6) is -0.105. The van der Waals surface area contributed by atoms with Crippen LogP contribution in [0.3, 0.4) is 0 Å². The Balaban J connectivity index is 1.71. The SMILES string of the molecule is CCS(=O)(=O)c1ccc(Cl)cc1Cn1c(=O)[nH]c2cc(CN3CCC[C@@H](N(C)C)C3)c(Br)cc2c1=O. The second-order valence-corrected chi connectivity index (χ2v) is 13.0. The van der Waals surface area contributed by atoms with Gasteiger partial charge in [-0.25, -0.2) is 13.2 Å². The van der Waals surface area contributed by atoms with E-state index in [2.05, 4.69) is 44.8 Å². The standard InChI is InChI=1S/C25H30BrClN4O4S/c1-4-36(34,35)23-8-7-18(27)10-17(23)14-31-24(32)20-12-21(26)16(11-22(20)28-25(31)33)13-30-9-5-6-19(15-30)29(2)3/h7-8,10-12,19H,4-6,9,13-15H2,1-3H3,(H,28,33)/t19-/m1/s1. The van der Waals surface area contributed by atoms with E-state index >= 15 is 0 Å². The van der Waals surface area contributed by atoms with E-state index in [1.807, 2.05) is 6.07 Å². The van der Waals surface area contributed by atoms with Gasteiger partial charge in [0, 0.05) is 28.6 Å². The number of hydrogen-bond donors (Lipinski definition) is 1. The van der Waals surface area contributed by atoms with Crippen molar-refractivity contribution in [3.8, 4) is 0 Å². The Labute approximate surface area is 223 Å². The van der Waals surface area contributed by atoms with Crippen molar-refractivity contribution in [3.63, 3.8) is 0 Å². The Kier molecular flexibility index (Phi) is 8.11. The average Bonchev–Trinajstić information content (AvgIpc) is 2.83. The summed E-state index contributed by atoms with van der Waals surface area (Å²) in [6.45, 7) is 3.99. The number of benzene rings is 2. The smallest absolute Gasteiger partial charge is 0.307 e. The van der Waals surface area contributed by atoms with Crippen LogP contribution in [0.4, 0.5) is 0 Å².